The highest BCUT2D eigenvalue weighted by Crippen LogP contribution is 2.24. The van der Waals surface area contributed by atoms with Crippen molar-refractivity contribution < 1.29 is 0 Å². The fourth-order valence-electron chi connectivity index (χ4n) is 1.60. The van der Waals surface area contributed by atoms with Crippen LogP contribution in [0.25, 0.3) is 0 Å². The van der Waals surface area contributed by atoms with Gasteiger partial charge in [0.05, 0.1) is 6.04 Å². The lowest BCUT2D eigenvalue weighted by Gasteiger charge is -2.14. The fourth-order valence-corrected chi connectivity index (χ4v) is 2.52. The highest BCUT2D eigenvalue weighted by Gasteiger charge is 2.10. The van der Waals surface area contributed by atoms with Gasteiger partial charge < -0.3 is 5.32 Å². The Hall–Kier alpha value is -1.13. The van der Waals surface area contributed by atoms with Crippen molar-refractivity contribution in [2.45, 2.75) is 32.7 Å². The van der Waals surface area contributed by atoms with E-state index < -0.39 is 0 Å². The van der Waals surface area contributed by atoms with Crippen molar-refractivity contribution in [3.05, 3.63) is 39.4 Å². The van der Waals surface area contributed by atoms with Gasteiger partial charge in [-0.05, 0) is 18.4 Å². The molecule has 0 aromatic carbocycles. The zero-order valence-electron chi connectivity index (χ0n) is 10.6. The third-order valence-electron chi connectivity index (χ3n) is 2.56. The molecule has 1 unspecified atom stereocenters. The predicted octanol–water partition coefficient (Wildman–Crippen LogP) is 4.49. The smallest absolute Gasteiger partial charge is 0.135 e. The van der Waals surface area contributed by atoms with Crippen molar-refractivity contribution in [1.82, 2.24) is 9.97 Å². The molecule has 0 fully saturated rings. The van der Waals surface area contributed by atoms with E-state index in [0.717, 1.165) is 11.6 Å². The number of nitrogens with zero attached hydrogens (tertiary/aromatic N) is 2. The molecule has 0 saturated carbocycles. The third-order valence-corrected chi connectivity index (χ3v) is 3.81. The molecular formula is C13H16ClN3S. The molecular weight excluding hydrogens is 266 g/mol. The molecule has 2 heterocycles. The van der Waals surface area contributed by atoms with Crippen LogP contribution in [0.5, 0.6) is 0 Å². The van der Waals surface area contributed by atoms with Crippen LogP contribution in [0.4, 0.5) is 5.82 Å². The van der Waals surface area contributed by atoms with Crippen LogP contribution in [-0.4, -0.2) is 9.97 Å². The van der Waals surface area contributed by atoms with Gasteiger partial charge in [0.25, 0.3) is 0 Å². The van der Waals surface area contributed by atoms with Gasteiger partial charge >= 0.3 is 0 Å². The molecule has 18 heavy (non-hydrogen) atoms. The summed E-state index contributed by atoms with van der Waals surface area (Å²) >= 11 is 7.74. The monoisotopic (exact) mass is 281 g/mol. The average molecular weight is 282 g/mol. The Kier molecular flexibility index (Phi) is 4.19. The molecule has 2 aromatic rings. The molecule has 0 aliphatic rings. The zero-order valence-corrected chi connectivity index (χ0v) is 12.2. The number of hydrogen-bond acceptors (Lipinski definition) is 4. The molecule has 1 atom stereocenters. The van der Waals surface area contributed by atoms with Crippen LogP contribution in [0.15, 0.2) is 23.6 Å². The maximum atomic E-state index is 6.01. The molecule has 2 aromatic heterocycles. The summed E-state index contributed by atoms with van der Waals surface area (Å²) in [6.45, 7) is 6.22. The van der Waals surface area contributed by atoms with Gasteiger partial charge in [0.1, 0.15) is 16.8 Å². The predicted molar refractivity (Wildman–Crippen MR) is 77.5 cm³/mol. The van der Waals surface area contributed by atoms with Crippen LogP contribution in [-0.2, 0) is 0 Å². The number of rotatable bonds is 4. The topological polar surface area (TPSA) is 37.8 Å². The van der Waals surface area contributed by atoms with Crippen LogP contribution >= 0.6 is 22.9 Å². The standard InChI is InChI=1S/C13H16ClN3S/c1-8(2)13-16-11(14)7-12(17-13)15-9(3)10-5-4-6-18-10/h4-9H,1-3H3,(H,15,16,17). The van der Waals surface area contributed by atoms with Crippen molar-refractivity contribution in [3.8, 4) is 0 Å². The maximum Gasteiger partial charge on any atom is 0.135 e. The Balaban J connectivity index is 2.18. The minimum absolute atomic E-state index is 0.218. The van der Waals surface area contributed by atoms with Gasteiger partial charge in [0, 0.05) is 16.9 Å². The molecule has 0 aliphatic heterocycles. The van der Waals surface area contributed by atoms with Gasteiger partial charge in [-0.25, -0.2) is 9.97 Å². The highest BCUT2D eigenvalue weighted by molar-refractivity contribution is 7.10. The van der Waals surface area contributed by atoms with E-state index in [1.165, 1.54) is 4.88 Å². The van der Waals surface area contributed by atoms with E-state index in [-0.39, 0.29) is 12.0 Å². The van der Waals surface area contributed by atoms with Crippen LogP contribution in [0.1, 0.15) is 43.4 Å². The molecule has 0 aliphatic carbocycles. The minimum Gasteiger partial charge on any atom is -0.363 e. The van der Waals surface area contributed by atoms with E-state index in [0.29, 0.717) is 5.15 Å². The van der Waals surface area contributed by atoms with Gasteiger partial charge in [0.15, 0.2) is 0 Å². The van der Waals surface area contributed by atoms with Crippen LogP contribution in [0.2, 0.25) is 5.15 Å². The molecule has 0 saturated heterocycles. The van der Waals surface area contributed by atoms with Crippen LogP contribution in [0.3, 0.4) is 0 Å². The van der Waals surface area contributed by atoms with Crippen LogP contribution in [0, 0.1) is 0 Å². The van der Waals surface area contributed by atoms with E-state index in [2.05, 4.69) is 47.5 Å². The summed E-state index contributed by atoms with van der Waals surface area (Å²) in [5.41, 5.74) is 0. The number of nitrogens with one attached hydrogen (secondary N) is 1. The Bertz CT molecular complexity index is 511. The first kappa shape index (κ1) is 13.3. The number of aromatic nitrogens is 2. The molecule has 5 heteroatoms. The Morgan fingerprint density at radius 1 is 1.28 bits per heavy atom. The summed E-state index contributed by atoms with van der Waals surface area (Å²) < 4.78 is 0. The van der Waals surface area contributed by atoms with Crippen molar-refractivity contribution >= 4 is 28.8 Å². The maximum absolute atomic E-state index is 6.01. The van der Waals surface area contributed by atoms with Crippen molar-refractivity contribution in [2.75, 3.05) is 5.32 Å². The highest BCUT2D eigenvalue weighted by atomic mass is 35.5. The van der Waals surface area contributed by atoms with Crippen LogP contribution < -0.4 is 5.32 Å². The number of hydrogen-bond donors (Lipinski definition) is 1. The van der Waals surface area contributed by atoms with Crippen molar-refractivity contribution in [3.63, 3.8) is 0 Å². The summed E-state index contributed by atoms with van der Waals surface area (Å²) in [7, 11) is 0. The first-order chi connectivity index (χ1) is 8.56. The molecule has 0 amide bonds. The second-order valence-corrected chi connectivity index (χ2v) is 5.84. The van der Waals surface area contributed by atoms with E-state index >= 15 is 0 Å². The second kappa shape index (κ2) is 5.67. The number of anilines is 1. The largest absolute Gasteiger partial charge is 0.363 e. The van der Waals surface area contributed by atoms with E-state index in [1.54, 1.807) is 17.4 Å². The summed E-state index contributed by atoms with van der Waals surface area (Å²) in [5, 5.41) is 5.91. The lowest BCUT2D eigenvalue weighted by Crippen LogP contribution is -2.09. The SMILES string of the molecule is CC(C)c1nc(Cl)cc(NC(C)c2cccs2)n1. The van der Waals surface area contributed by atoms with Gasteiger partial charge in [-0.3, -0.25) is 0 Å². The van der Waals surface area contributed by atoms with Crippen molar-refractivity contribution in [1.29, 1.82) is 0 Å². The first-order valence-electron chi connectivity index (χ1n) is 5.90. The second-order valence-electron chi connectivity index (χ2n) is 4.47. The summed E-state index contributed by atoms with van der Waals surface area (Å²) in [5.74, 6) is 1.81. The quantitative estimate of drug-likeness (QED) is 0.839. The summed E-state index contributed by atoms with van der Waals surface area (Å²) in [6.07, 6.45) is 0. The lowest BCUT2D eigenvalue weighted by atomic mass is 10.2. The lowest BCUT2D eigenvalue weighted by molar-refractivity contribution is 0.769. The normalized spacial score (nSPS) is 12.7. The third kappa shape index (κ3) is 3.21. The van der Waals surface area contributed by atoms with Gasteiger partial charge in [-0.15, -0.1) is 11.3 Å². The van der Waals surface area contributed by atoms with Gasteiger partial charge in [-0.2, -0.15) is 0 Å². The molecule has 96 valence electrons. The minimum atomic E-state index is 0.218. The number of halogens is 1. The average Bonchev–Trinajstić information content (AvgIpc) is 2.81. The Labute approximate surface area is 116 Å². The van der Waals surface area contributed by atoms with Gasteiger partial charge in [-0.1, -0.05) is 31.5 Å². The first-order valence-corrected chi connectivity index (χ1v) is 7.16. The molecule has 3 nitrogen and oxygen atoms in total. The zero-order chi connectivity index (χ0) is 13.1. The Morgan fingerprint density at radius 3 is 2.67 bits per heavy atom. The van der Waals surface area contributed by atoms with E-state index in [1.807, 2.05) is 6.07 Å². The van der Waals surface area contributed by atoms with Crippen molar-refractivity contribution in [2.24, 2.45) is 0 Å². The molecule has 1 N–H and O–H groups in total. The summed E-state index contributed by atoms with van der Waals surface area (Å²) in [6, 6.07) is 6.13. The molecule has 2 rings (SSSR count). The molecule has 0 spiro atoms. The Morgan fingerprint density at radius 2 is 2.06 bits per heavy atom. The van der Waals surface area contributed by atoms with Gasteiger partial charge in [0.2, 0.25) is 0 Å². The summed E-state index contributed by atoms with van der Waals surface area (Å²) in [4.78, 5) is 9.98. The fraction of sp³-hybridized carbons (Fsp3) is 0.385. The molecule has 0 bridgehead atoms. The molecule has 0 radical (unpaired) electrons. The van der Waals surface area contributed by atoms with E-state index in [9.17, 15) is 0 Å². The van der Waals surface area contributed by atoms with E-state index in [4.69, 9.17) is 11.6 Å². The number of thiophene rings is 1.